The SMILES string of the molecule is O=C1C[C@H]([NH2+]CC[NH+]2CCOCC2)C(=O)N1c1ccccc1. The summed E-state index contributed by atoms with van der Waals surface area (Å²) in [5.41, 5.74) is 0.673. The topological polar surface area (TPSA) is 67.7 Å². The van der Waals surface area contributed by atoms with Gasteiger partial charge in [-0.3, -0.25) is 9.59 Å². The summed E-state index contributed by atoms with van der Waals surface area (Å²) in [6, 6.07) is 8.90. The van der Waals surface area contributed by atoms with Crippen molar-refractivity contribution in [2.75, 3.05) is 44.3 Å². The number of hydrogen-bond acceptors (Lipinski definition) is 3. The maximum absolute atomic E-state index is 12.4. The average molecular weight is 305 g/mol. The Labute approximate surface area is 130 Å². The molecule has 2 amide bonds. The van der Waals surface area contributed by atoms with Gasteiger partial charge in [-0.2, -0.15) is 0 Å². The summed E-state index contributed by atoms with van der Waals surface area (Å²) in [4.78, 5) is 27.4. The quantitative estimate of drug-likeness (QED) is 0.607. The van der Waals surface area contributed by atoms with Gasteiger partial charge in [-0.25, -0.2) is 4.90 Å². The fourth-order valence-corrected chi connectivity index (χ4v) is 3.09. The number of para-hydroxylation sites is 1. The van der Waals surface area contributed by atoms with Crippen molar-refractivity contribution in [1.82, 2.24) is 0 Å². The van der Waals surface area contributed by atoms with E-state index in [9.17, 15) is 9.59 Å². The molecule has 3 N–H and O–H groups in total. The van der Waals surface area contributed by atoms with Gasteiger partial charge in [0, 0.05) is 0 Å². The summed E-state index contributed by atoms with van der Waals surface area (Å²) in [5.74, 6) is -0.190. The van der Waals surface area contributed by atoms with E-state index in [0.29, 0.717) is 12.1 Å². The van der Waals surface area contributed by atoms with Crippen molar-refractivity contribution in [2.24, 2.45) is 0 Å². The molecule has 6 heteroatoms. The molecule has 0 bridgehead atoms. The van der Waals surface area contributed by atoms with Crippen molar-refractivity contribution in [1.29, 1.82) is 0 Å². The number of nitrogens with two attached hydrogens (primary N) is 1. The lowest BCUT2D eigenvalue weighted by atomic mass is 10.2. The molecule has 1 aromatic rings. The maximum Gasteiger partial charge on any atom is 0.292 e. The van der Waals surface area contributed by atoms with Crippen LogP contribution in [0.25, 0.3) is 0 Å². The Balaban J connectivity index is 1.53. The van der Waals surface area contributed by atoms with Crippen LogP contribution in [0, 0.1) is 0 Å². The van der Waals surface area contributed by atoms with E-state index in [4.69, 9.17) is 4.74 Å². The van der Waals surface area contributed by atoms with Crippen LogP contribution in [0.5, 0.6) is 0 Å². The normalized spacial score (nSPS) is 23.3. The highest BCUT2D eigenvalue weighted by molar-refractivity contribution is 6.21. The molecule has 2 aliphatic rings. The fourth-order valence-electron chi connectivity index (χ4n) is 3.09. The molecule has 0 radical (unpaired) electrons. The summed E-state index contributed by atoms with van der Waals surface area (Å²) in [6.07, 6.45) is 0.298. The van der Waals surface area contributed by atoms with Crippen LogP contribution in [0.2, 0.25) is 0 Å². The molecule has 2 fully saturated rings. The van der Waals surface area contributed by atoms with Crippen LogP contribution >= 0.6 is 0 Å². The number of benzene rings is 1. The molecule has 2 aliphatic heterocycles. The van der Waals surface area contributed by atoms with Crippen molar-refractivity contribution < 1.29 is 24.5 Å². The van der Waals surface area contributed by atoms with Crippen molar-refractivity contribution in [3.8, 4) is 0 Å². The van der Waals surface area contributed by atoms with Crippen LogP contribution in [0.3, 0.4) is 0 Å². The second-order valence-corrected chi connectivity index (χ2v) is 5.85. The maximum atomic E-state index is 12.4. The van der Waals surface area contributed by atoms with Crippen molar-refractivity contribution in [3.63, 3.8) is 0 Å². The van der Waals surface area contributed by atoms with Crippen LogP contribution in [0.1, 0.15) is 6.42 Å². The predicted octanol–water partition coefficient (Wildman–Crippen LogP) is -2.20. The average Bonchev–Trinajstić information content (AvgIpc) is 2.83. The predicted molar refractivity (Wildman–Crippen MR) is 80.5 cm³/mol. The standard InChI is InChI=1S/C16H21N3O3/c20-15-12-14(17-6-7-18-8-10-22-11-9-18)16(21)19(15)13-4-2-1-3-5-13/h1-5,14,17H,6-12H2/p+2/t14-/m0/s1. The number of imide groups is 1. The summed E-state index contributed by atoms with van der Waals surface area (Å²) < 4.78 is 5.34. The third-order valence-corrected chi connectivity index (χ3v) is 4.34. The van der Waals surface area contributed by atoms with E-state index >= 15 is 0 Å². The highest BCUT2D eigenvalue weighted by Crippen LogP contribution is 2.20. The number of nitrogens with zero attached hydrogens (tertiary/aromatic N) is 1. The lowest BCUT2D eigenvalue weighted by Gasteiger charge is -2.23. The van der Waals surface area contributed by atoms with Gasteiger partial charge in [0.15, 0.2) is 6.04 Å². The minimum atomic E-state index is -0.270. The van der Waals surface area contributed by atoms with Gasteiger partial charge in [-0.15, -0.1) is 0 Å². The molecule has 6 nitrogen and oxygen atoms in total. The second kappa shape index (κ2) is 7.00. The van der Waals surface area contributed by atoms with Gasteiger partial charge in [0.25, 0.3) is 5.91 Å². The molecule has 2 heterocycles. The third kappa shape index (κ3) is 3.35. The van der Waals surface area contributed by atoms with Gasteiger partial charge in [0.1, 0.15) is 26.2 Å². The lowest BCUT2D eigenvalue weighted by molar-refractivity contribution is -0.920. The van der Waals surface area contributed by atoms with E-state index in [1.807, 2.05) is 23.5 Å². The number of quaternary nitrogens is 2. The zero-order valence-electron chi connectivity index (χ0n) is 12.7. The van der Waals surface area contributed by atoms with Crippen LogP contribution in [0.15, 0.2) is 30.3 Å². The number of hydrogen-bond donors (Lipinski definition) is 2. The Morgan fingerprint density at radius 1 is 1.18 bits per heavy atom. The van der Waals surface area contributed by atoms with Crippen molar-refractivity contribution >= 4 is 17.5 Å². The van der Waals surface area contributed by atoms with Crippen LogP contribution in [-0.2, 0) is 14.3 Å². The molecule has 3 rings (SSSR count). The number of rotatable bonds is 5. The first-order valence-electron chi connectivity index (χ1n) is 7.92. The second-order valence-electron chi connectivity index (χ2n) is 5.85. The first kappa shape index (κ1) is 15.1. The molecule has 22 heavy (non-hydrogen) atoms. The molecule has 0 spiro atoms. The molecule has 118 valence electrons. The van der Waals surface area contributed by atoms with Crippen molar-refractivity contribution in [2.45, 2.75) is 12.5 Å². The van der Waals surface area contributed by atoms with Gasteiger partial charge in [-0.05, 0) is 12.1 Å². The molecule has 0 aliphatic carbocycles. The van der Waals surface area contributed by atoms with E-state index in [-0.39, 0.29) is 17.9 Å². The Bertz CT molecular complexity index is 529. The van der Waals surface area contributed by atoms with E-state index in [1.165, 1.54) is 9.80 Å². The Morgan fingerprint density at radius 3 is 2.64 bits per heavy atom. The van der Waals surface area contributed by atoms with Gasteiger partial charge < -0.3 is 15.0 Å². The molecule has 1 atom stereocenters. The van der Waals surface area contributed by atoms with Crippen LogP contribution in [-0.4, -0.2) is 57.2 Å². The minimum Gasteiger partial charge on any atom is -0.370 e. The van der Waals surface area contributed by atoms with Crippen LogP contribution < -0.4 is 15.1 Å². The van der Waals surface area contributed by atoms with Gasteiger partial charge in [0.2, 0.25) is 5.91 Å². The zero-order chi connectivity index (χ0) is 15.4. The number of carbonyl (C=O) groups excluding carboxylic acids is 2. The number of morpholine rings is 1. The lowest BCUT2D eigenvalue weighted by Crippen LogP contribution is -3.16. The number of ether oxygens (including phenoxy) is 1. The summed E-state index contributed by atoms with van der Waals surface area (Å²) in [6.45, 7) is 5.56. The van der Waals surface area contributed by atoms with Crippen molar-refractivity contribution in [3.05, 3.63) is 30.3 Å². The molecule has 0 unspecified atom stereocenters. The minimum absolute atomic E-state index is 0.0897. The number of amides is 2. The number of carbonyl (C=O) groups is 2. The largest absolute Gasteiger partial charge is 0.370 e. The van der Waals surface area contributed by atoms with Gasteiger partial charge in [0.05, 0.1) is 25.3 Å². The number of nitrogens with one attached hydrogen (secondary N) is 1. The van der Waals surface area contributed by atoms with Gasteiger partial charge >= 0.3 is 0 Å². The Kier molecular flexibility index (Phi) is 4.82. The summed E-state index contributed by atoms with van der Waals surface area (Å²) >= 11 is 0. The molecule has 1 aromatic carbocycles. The third-order valence-electron chi connectivity index (χ3n) is 4.34. The first-order valence-corrected chi connectivity index (χ1v) is 7.92. The number of anilines is 1. The fraction of sp³-hybridized carbons (Fsp3) is 0.500. The highest BCUT2D eigenvalue weighted by atomic mass is 16.5. The molecular weight excluding hydrogens is 282 g/mol. The Hall–Kier alpha value is -1.76. The van der Waals surface area contributed by atoms with Gasteiger partial charge in [-0.1, -0.05) is 18.2 Å². The summed E-state index contributed by atoms with van der Waals surface area (Å²) in [5, 5.41) is 2.02. The first-order chi connectivity index (χ1) is 10.8. The van der Waals surface area contributed by atoms with E-state index in [2.05, 4.69) is 0 Å². The highest BCUT2D eigenvalue weighted by Gasteiger charge is 2.42. The zero-order valence-corrected chi connectivity index (χ0v) is 12.7. The van der Waals surface area contributed by atoms with Crippen LogP contribution in [0.4, 0.5) is 5.69 Å². The molecule has 2 saturated heterocycles. The van der Waals surface area contributed by atoms with E-state index in [1.54, 1.807) is 12.1 Å². The smallest absolute Gasteiger partial charge is 0.292 e. The Morgan fingerprint density at radius 2 is 1.91 bits per heavy atom. The van der Waals surface area contributed by atoms with E-state index in [0.717, 1.165) is 39.4 Å². The monoisotopic (exact) mass is 305 g/mol. The summed E-state index contributed by atoms with van der Waals surface area (Å²) in [7, 11) is 0. The molecule has 0 saturated carbocycles. The molecule has 0 aromatic heterocycles. The molecular formula is C16H23N3O3+2. The van der Waals surface area contributed by atoms with E-state index < -0.39 is 0 Å².